The maximum atomic E-state index is 13.1. The van der Waals surface area contributed by atoms with Crippen LogP contribution in [-0.4, -0.2) is 29.6 Å². The molecule has 0 aliphatic heterocycles. The fourth-order valence-electron chi connectivity index (χ4n) is 1.24. The molecule has 0 saturated heterocycles. The Labute approximate surface area is 95.6 Å². The smallest absolute Gasteiger partial charge is 0.317 e. The van der Waals surface area contributed by atoms with E-state index in [-0.39, 0.29) is 12.4 Å². The van der Waals surface area contributed by atoms with E-state index in [9.17, 15) is 9.18 Å². The van der Waals surface area contributed by atoms with Crippen LogP contribution in [0.5, 0.6) is 0 Å². The van der Waals surface area contributed by atoms with Crippen LogP contribution in [0, 0.1) is 5.82 Å². The molecular formula is C10H11BrFNO2. The van der Waals surface area contributed by atoms with Crippen LogP contribution in [-0.2, 0) is 11.3 Å². The number of hydrogen-bond acceptors (Lipinski definition) is 2. The zero-order valence-electron chi connectivity index (χ0n) is 8.20. The van der Waals surface area contributed by atoms with Gasteiger partial charge in [0.1, 0.15) is 5.82 Å². The van der Waals surface area contributed by atoms with Crippen LogP contribution in [0.1, 0.15) is 5.56 Å². The number of nitrogens with zero attached hydrogens (tertiary/aromatic N) is 1. The third kappa shape index (κ3) is 3.97. The molecule has 0 aliphatic rings. The minimum atomic E-state index is -0.893. The van der Waals surface area contributed by atoms with Crippen LogP contribution >= 0.6 is 15.9 Å². The topological polar surface area (TPSA) is 40.5 Å². The molecule has 0 heterocycles. The molecule has 0 aliphatic carbocycles. The molecule has 15 heavy (non-hydrogen) atoms. The van der Waals surface area contributed by atoms with E-state index in [2.05, 4.69) is 15.9 Å². The Bertz CT molecular complexity index is 370. The van der Waals surface area contributed by atoms with Crippen molar-refractivity contribution in [1.29, 1.82) is 0 Å². The first kappa shape index (κ1) is 12.1. The first-order valence-electron chi connectivity index (χ1n) is 4.33. The summed E-state index contributed by atoms with van der Waals surface area (Å²) in [6.45, 7) is 0.355. The van der Waals surface area contributed by atoms with Crippen molar-refractivity contribution in [2.75, 3.05) is 13.6 Å². The maximum Gasteiger partial charge on any atom is 0.317 e. The average Bonchev–Trinajstić information content (AvgIpc) is 2.10. The monoisotopic (exact) mass is 275 g/mol. The molecule has 1 aromatic rings. The highest BCUT2D eigenvalue weighted by Gasteiger charge is 2.06. The van der Waals surface area contributed by atoms with E-state index in [0.717, 1.165) is 5.56 Å². The van der Waals surface area contributed by atoms with Gasteiger partial charge < -0.3 is 5.11 Å². The molecule has 0 spiro atoms. The lowest BCUT2D eigenvalue weighted by molar-refractivity contribution is -0.138. The molecule has 0 amide bonds. The van der Waals surface area contributed by atoms with Gasteiger partial charge in [-0.25, -0.2) is 4.39 Å². The van der Waals surface area contributed by atoms with Crippen molar-refractivity contribution >= 4 is 21.9 Å². The standard InChI is InChI=1S/C10H11BrFNO2/c1-13(6-10(14)15)5-7-2-3-8(11)9(12)4-7/h2-4H,5-6H2,1H3,(H,14,15). The van der Waals surface area contributed by atoms with E-state index in [1.54, 1.807) is 24.1 Å². The van der Waals surface area contributed by atoms with Crippen molar-refractivity contribution in [2.45, 2.75) is 6.54 Å². The zero-order chi connectivity index (χ0) is 11.4. The molecule has 1 N–H and O–H groups in total. The normalized spacial score (nSPS) is 10.7. The van der Waals surface area contributed by atoms with Gasteiger partial charge in [-0.1, -0.05) is 6.07 Å². The van der Waals surface area contributed by atoms with Crippen molar-refractivity contribution in [3.63, 3.8) is 0 Å². The second-order valence-corrected chi connectivity index (χ2v) is 4.17. The van der Waals surface area contributed by atoms with Gasteiger partial charge in [0.2, 0.25) is 0 Å². The summed E-state index contributed by atoms with van der Waals surface area (Å²) in [7, 11) is 1.67. The van der Waals surface area contributed by atoms with E-state index < -0.39 is 5.97 Å². The lowest BCUT2D eigenvalue weighted by atomic mass is 10.2. The van der Waals surface area contributed by atoms with Crippen LogP contribution in [0.25, 0.3) is 0 Å². The van der Waals surface area contributed by atoms with E-state index in [1.165, 1.54) is 6.07 Å². The molecule has 1 rings (SSSR count). The first-order valence-corrected chi connectivity index (χ1v) is 5.12. The summed E-state index contributed by atoms with van der Waals surface area (Å²) in [6.07, 6.45) is 0. The summed E-state index contributed by atoms with van der Waals surface area (Å²) in [5.41, 5.74) is 0.749. The SMILES string of the molecule is CN(CC(=O)O)Cc1ccc(Br)c(F)c1. The second kappa shape index (κ2) is 5.23. The Hall–Kier alpha value is -0.940. The van der Waals surface area contributed by atoms with Gasteiger partial charge in [0.15, 0.2) is 0 Å². The zero-order valence-corrected chi connectivity index (χ0v) is 9.79. The maximum absolute atomic E-state index is 13.1. The fraction of sp³-hybridized carbons (Fsp3) is 0.300. The Morgan fingerprint density at radius 3 is 2.80 bits per heavy atom. The van der Waals surface area contributed by atoms with Crippen molar-refractivity contribution < 1.29 is 14.3 Å². The predicted molar refractivity (Wildman–Crippen MR) is 58.1 cm³/mol. The summed E-state index contributed by atoms with van der Waals surface area (Å²) >= 11 is 3.05. The van der Waals surface area contributed by atoms with Gasteiger partial charge in [-0.05, 0) is 40.7 Å². The Balaban J connectivity index is 2.64. The van der Waals surface area contributed by atoms with Crippen molar-refractivity contribution in [1.82, 2.24) is 4.90 Å². The van der Waals surface area contributed by atoms with Crippen LogP contribution in [0.15, 0.2) is 22.7 Å². The molecule has 3 nitrogen and oxygen atoms in total. The third-order valence-corrected chi connectivity index (χ3v) is 2.48. The van der Waals surface area contributed by atoms with Gasteiger partial charge in [-0.3, -0.25) is 9.69 Å². The van der Waals surface area contributed by atoms with Crippen molar-refractivity contribution in [3.05, 3.63) is 34.1 Å². The van der Waals surface area contributed by atoms with Gasteiger partial charge >= 0.3 is 5.97 Å². The summed E-state index contributed by atoms with van der Waals surface area (Å²) < 4.78 is 13.5. The number of carboxylic acid groups (broad SMARTS) is 1. The minimum absolute atomic E-state index is 0.0579. The summed E-state index contributed by atoms with van der Waals surface area (Å²) in [6, 6.07) is 4.76. The lowest BCUT2D eigenvalue weighted by Crippen LogP contribution is -2.25. The van der Waals surface area contributed by atoms with Crippen LogP contribution in [0.4, 0.5) is 4.39 Å². The molecule has 0 radical (unpaired) electrons. The van der Waals surface area contributed by atoms with E-state index >= 15 is 0 Å². The van der Waals surface area contributed by atoms with E-state index in [4.69, 9.17) is 5.11 Å². The van der Waals surface area contributed by atoms with Crippen LogP contribution < -0.4 is 0 Å². The van der Waals surface area contributed by atoms with Crippen LogP contribution in [0.2, 0.25) is 0 Å². The fourth-order valence-corrected chi connectivity index (χ4v) is 1.48. The lowest BCUT2D eigenvalue weighted by Gasteiger charge is -2.13. The number of rotatable bonds is 4. The van der Waals surface area contributed by atoms with Crippen LogP contribution in [0.3, 0.4) is 0 Å². The second-order valence-electron chi connectivity index (χ2n) is 3.31. The number of likely N-dealkylation sites (N-methyl/N-ethyl adjacent to an activating group) is 1. The molecule has 0 bridgehead atoms. The molecule has 5 heteroatoms. The molecule has 82 valence electrons. The number of carbonyl (C=O) groups is 1. The van der Waals surface area contributed by atoms with E-state index in [0.29, 0.717) is 11.0 Å². The Kier molecular flexibility index (Phi) is 4.23. The van der Waals surface area contributed by atoms with Gasteiger partial charge in [0.25, 0.3) is 0 Å². The summed E-state index contributed by atoms with van der Waals surface area (Å²) in [4.78, 5) is 12.0. The predicted octanol–water partition coefficient (Wildman–Crippen LogP) is 2.10. The Morgan fingerprint density at radius 1 is 1.60 bits per heavy atom. The van der Waals surface area contributed by atoms with Gasteiger partial charge in [-0.15, -0.1) is 0 Å². The summed E-state index contributed by atoms with van der Waals surface area (Å²) in [5.74, 6) is -1.23. The van der Waals surface area contributed by atoms with Crippen molar-refractivity contribution in [3.8, 4) is 0 Å². The molecule has 0 saturated carbocycles. The van der Waals surface area contributed by atoms with Gasteiger partial charge in [-0.2, -0.15) is 0 Å². The molecule has 0 aromatic heterocycles. The number of halogens is 2. The average molecular weight is 276 g/mol. The highest BCUT2D eigenvalue weighted by atomic mass is 79.9. The molecular weight excluding hydrogens is 265 g/mol. The highest BCUT2D eigenvalue weighted by Crippen LogP contribution is 2.17. The third-order valence-electron chi connectivity index (χ3n) is 1.84. The quantitative estimate of drug-likeness (QED) is 0.915. The molecule has 0 unspecified atom stereocenters. The van der Waals surface area contributed by atoms with E-state index in [1.807, 2.05) is 0 Å². The molecule has 1 aromatic carbocycles. The van der Waals surface area contributed by atoms with Gasteiger partial charge in [0.05, 0.1) is 11.0 Å². The molecule has 0 fully saturated rings. The van der Waals surface area contributed by atoms with Crippen molar-refractivity contribution in [2.24, 2.45) is 0 Å². The number of hydrogen-bond donors (Lipinski definition) is 1. The van der Waals surface area contributed by atoms with Gasteiger partial charge in [0, 0.05) is 6.54 Å². The number of aliphatic carboxylic acids is 1. The first-order chi connectivity index (χ1) is 6.99. The number of carboxylic acids is 1. The Morgan fingerprint density at radius 2 is 2.27 bits per heavy atom. The highest BCUT2D eigenvalue weighted by molar-refractivity contribution is 9.10. The molecule has 0 atom stereocenters. The largest absolute Gasteiger partial charge is 0.480 e. The summed E-state index contributed by atoms with van der Waals surface area (Å²) in [5, 5.41) is 8.54. The minimum Gasteiger partial charge on any atom is -0.480 e. The number of benzene rings is 1.